The predicted molar refractivity (Wildman–Crippen MR) is 226 cm³/mol. The Labute approximate surface area is 346 Å². The fraction of sp³-hybridized carbons (Fsp3) is 0.350. The van der Waals surface area contributed by atoms with Gasteiger partial charge in [0, 0.05) is 53.7 Å². The first-order chi connectivity index (χ1) is 28.0. The van der Waals surface area contributed by atoms with Crippen molar-refractivity contribution in [1.82, 2.24) is 30.8 Å². The number of carbonyl (C=O) groups excluding carboxylic acids is 2. The van der Waals surface area contributed by atoms with Crippen LogP contribution in [0.4, 0.5) is 0 Å². The molecule has 0 saturated heterocycles. The number of nitrogens with zero attached hydrogens (tertiary/aromatic N) is 4. The number of hydrogen-bond donors (Lipinski definition) is 2. The van der Waals surface area contributed by atoms with Crippen molar-refractivity contribution in [3.8, 4) is 11.5 Å². The summed E-state index contributed by atoms with van der Waals surface area (Å²) < 4.78 is 56.7. The van der Waals surface area contributed by atoms with E-state index in [2.05, 4.69) is 30.8 Å². The van der Waals surface area contributed by atoms with E-state index < -0.39 is 43.2 Å². The molecule has 4 atom stereocenters. The summed E-state index contributed by atoms with van der Waals surface area (Å²) in [6.45, 7) is 8.02. The van der Waals surface area contributed by atoms with Crippen molar-refractivity contribution in [1.29, 1.82) is 0 Å². The quantitative estimate of drug-likeness (QED) is 0.103. The number of H-pyrrole nitrogens is 2. The molecule has 4 aromatic carbocycles. The molecule has 0 spiro atoms. The van der Waals surface area contributed by atoms with E-state index >= 15 is 0 Å². The molecule has 0 bridgehead atoms. The molecule has 2 N–H and O–H groups in total. The van der Waals surface area contributed by atoms with Gasteiger partial charge in [-0.2, -0.15) is 30.8 Å². The van der Waals surface area contributed by atoms with E-state index in [1.807, 2.05) is 88.4 Å². The molecule has 308 valence electrons. The van der Waals surface area contributed by atoms with Gasteiger partial charge in [0.15, 0.2) is 0 Å². The van der Waals surface area contributed by atoms with Crippen molar-refractivity contribution < 1.29 is 35.9 Å². The molecule has 0 amide bonds. The van der Waals surface area contributed by atoms with Crippen molar-refractivity contribution >= 4 is 77.2 Å². The average molecular weight is 867 g/mol. The zero-order valence-corrected chi connectivity index (χ0v) is 36.0. The van der Waals surface area contributed by atoms with Crippen LogP contribution >= 0.6 is 0 Å². The van der Waals surface area contributed by atoms with E-state index in [4.69, 9.17) is 9.47 Å². The topological polar surface area (TPSA) is 204 Å². The highest BCUT2D eigenvalue weighted by Crippen LogP contribution is 2.29. The Morgan fingerprint density at radius 3 is 1.12 bits per heavy atom. The Bertz CT molecular complexity index is 2300. The van der Waals surface area contributed by atoms with Gasteiger partial charge in [-0.1, -0.05) is 39.8 Å². The molecule has 6 aromatic rings. The number of benzene rings is 4. The van der Waals surface area contributed by atoms with Crippen LogP contribution in [0.5, 0.6) is 11.5 Å². The molecule has 0 fully saturated rings. The van der Waals surface area contributed by atoms with Gasteiger partial charge in [0.1, 0.15) is 33.6 Å². The van der Waals surface area contributed by atoms with Crippen molar-refractivity contribution in [3.63, 3.8) is 0 Å². The fourth-order valence-electron chi connectivity index (χ4n) is 5.60. The molecule has 14 nitrogen and oxygen atoms in total. The van der Waals surface area contributed by atoms with Crippen LogP contribution in [0.3, 0.4) is 0 Å². The fourth-order valence-corrected chi connectivity index (χ4v) is 9.87. The molecule has 8 rings (SSSR count). The highest BCUT2D eigenvalue weighted by Gasteiger charge is 2.22. The van der Waals surface area contributed by atoms with Crippen LogP contribution in [0.2, 0.25) is 0 Å². The van der Waals surface area contributed by atoms with Crippen molar-refractivity contribution in [2.75, 3.05) is 23.0 Å². The molecular formula is C40H46N6O8S4. The van der Waals surface area contributed by atoms with Crippen LogP contribution in [0.25, 0.3) is 22.1 Å². The largest absolute Gasteiger partial charge is 0.426 e. The van der Waals surface area contributed by atoms with Gasteiger partial charge in [0.05, 0.1) is 56.0 Å². The number of nitrogens with one attached hydrogen (secondary N) is 2. The third-order valence-corrected chi connectivity index (χ3v) is 14.6. The summed E-state index contributed by atoms with van der Waals surface area (Å²) in [4.78, 5) is 25.2. The van der Waals surface area contributed by atoms with Gasteiger partial charge in [-0.3, -0.25) is 26.4 Å². The summed E-state index contributed by atoms with van der Waals surface area (Å²) in [6.07, 6.45) is 4.26. The number of ether oxygens (including phenoxy) is 2. The van der Waals surface area contributed by atoms with E-state index in [9.17, 15) is 26.4 Å². The molecule has 58 heavy (non-hydrogen) atoms. The first-order valence-electron chi connectivity index (χ1n) is 18.8. The summed E-state index contributed by atoms with van der Waals surface area (Å²) in [5.74, 6) is 3.36. The molecule has 0 aliphatic carbocycles. The molecule has 0 radical (unpaired) electrons. The van der Waals surface area contributed by atoms with Gasteiger partial charge in [-0.05, 0) is 86.3 Å². The minimum absolute atomic E-state index is 0.233. The summed E-state index contributed by atoms with van der Waals surface area (Å²) in [6, 6.07) is 21.7. The number of aromatic amines is 2. The monoisotopic (exact) mass is 866 g/mol. The normalized spacial score (nSPS) is 14.6. The van der Waals surface area contributed by atoms with E-state index in [1.165, 1.54) is 0 Å². The highest BCUT2D eigenvalue weighted by molar-refractivity contribution is 7.85. The lowest BCUT2D eigenvalue weighted by atomic mass is 10.2. The molecule has 2 aliphatic rings. The Balaban J connectivity index is 0.000000147. The Morgan fingerprint density at radius 2 is 0.776 bits per heavy atom. The average Bonchev–Trinajstić information content (AvgIpc) is 4.03. The molecule has 0 saturated carbocycles. The molecule has 2 aliphatic heterocycles. The van der Waals surface area contributed by atoms with Crippen LogP contribution in [0, 0.1) is 0 Å². The van der Waals surface area contributed by atoms with E-state index in [-0.39, 0.29) is 11.9 Å². The molecule has 18 heteroatoms. The third-order valence-electron chi connectivity index (χ3n) is 8.38. The van der Waals surface area contributed by atoms with Crippen molar-refractivity contribution in [2.24, 2.45) is 0 Å². The standard InChI is InChI=1S/2C11H12O3S.2C9H11N3OS/c2*1-2-5-15(13)9-4-3-8-6-11(12)14-10(8)7-9;2*1-2-5-14(13)7-3-4-8-9(6-7)11-12-10-8/h2*3-4,7H,2,5-6H2,1H3;2*3-4,6H,2,5H2,1H3,(H,10,11,12). The lowest BCUT2D eigenvalue weighted by Gasteiger charge is -2.02. The minimum Gasteiger partial charge on any atom is -0.426 e. The van der Waals surface area contributed by atoms with Crippen LogP contribution in [0.1, 0.15) is 64.5 Å². The van der Waals surface area contributed by atoms with E-state index in [1.54, 1.807) is 12.1 Å². The number of hydrogen-bond acceptors (Lipinski definition) is 12. The highest BCUT2D eigenvalue weighted by atomic mass is 32.2. The summed E-state index contributed by atoms with van der Waals surface area (Å²) >= 11 is 0. The Morgan fingerprint density at radius 1 is 0.466 bits per heavy atom. The Kier molecular flexibility index (Phi) is 16.7. The van der Waals surface area contributed by atoms with Gasteiger partial charge >= 0.3 is 11.9 Å². The van der Waals surface area contributed by atoms with Gasteiger partial charge < -0.3 is 9.47 Å². The SMILES string of the molecule is CCCS(=O)c1ccc2c(c1)OC(=O)C2.CCCS(=O)c1ccc2c(c1)OC(=O)C2.CCCS(=O)c1ccc2n[nH]nc2c1.CCCS(=O)c1ccc2n[nH]nc2c1. The molecule has 4 unspecified atom stereocenters. The number of aromatic nitrogens is 6. The van der Waals surface area contributed by atoms with Gasteiger partial charge in [0.25, 0.3) is 0 Å². The van der Waals surface area contributed by atoms with Crippen LogP contribution in [0.15, 0.2) is 92.4 Å². The van der Waals surface area contributed by atoms with Crippen LogP contribution < -0.4 is 9.47 Å². The van der Waals surface area contributed by atoms with Gasteiger partial charge in [-0.15, -0.1) is 0 Å². The van der Waals surface area contributed by atoms with E-state index in [0.29, 0.717) is 47.4 Å². The second-order valence-electron chi connectivity index (χ2n) is 13.0. The van der Waals surface area contributed by atoms with Crippen LogP contribution in [-0.4, -0.2) is 82.6 Å². The maximum absolute atomic E-state index is 11.7. The predicted octanol–water partition coefficient (Wildman–Crippen LogP) is 6.28. The first kappa shape index (κ1) is 44.3. The molecular weight excluding hydrogens is 821 g/mol. The zero-order valence-electron chi connectivity index (χ0n) is 32.7. The second kappa shape index (κ2) is 21.8. The van der Waals surface area contributed by atoms with Crippen molar-refractivity contribution in [3.05, 3.63) is 83.9 Å². The van der Waals surface area contributed by atoms with Gasteiger partial charge in [0.2, 0.25) is 0 Å². The smallest absolute Gasteiger partial charge is 0.315 e. The summed E-state index contributed by atoms with van der Waals surface area (Å²) in [5.41, 5.74) is 4.93. The lowest BCUT2D eigenvalue weighted by molar-refractivity contribution is -0.132. The van der Waals surface area contributed by atoms with E-state index in [0.717, 1.165) is 78.5 Å². The second-order valence-corrected chi connectivity index (χ2v) is 19.3. The minimum atomic E-state index is -0.978. The lowest BCUT2D eigenvalue weighted by Crippen LogP contribution is -2.00. The maximum Gasteiger partial charge on any atom is 0.315 e. The van der Waals surface area contributed by atoms with Gasteiger partial charge in [-0.25, -0.2) is 0 Å². The summed E-state index contributed by atoms with van der Waals surface area (Å²) in [5, 5.41) is 20.8. The number of fused-ring (bicyclic) bond motifs is 4. The third kappa shape index (κ3) is 12.1. The molecule has 4 heterocycles. The number of esters is 2. The zero-order chi connectivity index (χ0) is 41.6. The Hall–Kier alpha value is -4.78. The number of rotatable bonds is 12. The number of carbonyl (C=O) groups is 2. The first-order valence-corrected chi connectivity index (χ1v) is 24.1. The molecule has 2 aromatic heterocycles. The van der Waals surface area contributed by atoms with Crippen molar-refractivity contribution in [2.45, 2.75) is 85.8 Å². The maximum atomic E-state index is 11.7. The van der Waals surface area contributed by atoms with Crippen LogP contribution in [-0.2, 0) is 65.6 Å². The summed E-state index contributed by atoms with van der Waals surface area (Å²) in [7, 11) is -3.77.